The molecule has 0 spiro atoms. The van der Waals surface area contributed by atoms with Gasteiger partial charge in [0.05, 0.1) is 4.92 Å². The largest absolute Gasteiger partial charge is 0.484 e. The molecular weight excluding hydrogens is 284 g/mol. The maximum Gasteiger partial charge on any atom is 0.271 e. The van der Waals surface area contributed by atoms with Gasteiger partial charge in [-0.15, -0.1) is 0 Å². The second kappa shape index (κ2) is 7.21. The van der Waals surface area contributed by atoms with Gasteiger partial charge in [0.25, 0.3) is 11.6 Å². The molecular formula is C16H16N2O4. The molecule has 2 aromatic rings. The summed E-state index contributed by atoms with van der Waals surface area (Å²) in [4.78, 5) is 22.0. The lowest BCUT2D eigenvalue weighted by atomic mass is 10.2. The molecule has 2 aromatic carbocycles. The van der Waals surface area contributed by atoms with Crippen LogP contribution in [0.5, 0.6) is 5.75 Å². The zero-order valence-electron chi connectivity index (χ0n) is 12.1. The lowest BCUT2D eigenvalue weighted by molar-refractivity contribution is -0.384. The fourth-order valence-electron chi connectivity index (χ4n) is 1.90. The maximum absolute atomic E-state index is 11.8. The lowest BCUT2D eigenvalue weighted by Gasteiger charge is -2.08. The fraction of sp³-hybridized carbons (Fsp3) is 0.188. The van der Waals surface area contributed by atoms with Crippen molar-refractivity contribution < 1.29 is 14.5 Å². The van der Waals surface area contributed by atoms with Gasteiger partial charge in [0.2, 0.25) is 0 Å². The van der Waals surface area contributed by atoms with Crippen LogP contribution in [0.2, 0.25) is 0 Å². The number of nitrogens with one attached hydrogen (secondary N) is 1. The SMILES string of the molecule is CCc1cccc(OCC(=O)Nc2cccc([N+](=O)[O-])c2)c1. The van der Waals surface area contributed by atoms with Crippen molar-refractivity contribution in [3.05, 3.63) is 64.2 Å². The molecule has 0 aliphatic carbocycles. The monoisotopic (exact) mass is 300 g/mol. The van der Waals surface area contributed by atoms with Crippen molar-refractivity contribution in [3.63, 3.8) is 0 Å². The minimum Gasteiger partial charge on any atom is -0.484 e. The van der Waals surface area contributed by atoms with Crippen molar-refractivity contribution in [2.45, 2.75) is 13.3 Å². The van der Waals surface area contributed by atoms with Crippen LogP contribution in [0.4, 0.5) is 11.4 Å². The first-order valence-corrected chi connectivity index (χ1v) is 6.84. The number of nitrogens with zero attached hydrogens (tertiary/aromatic N) is 1. The minimum atomic E-state index is -0.512. The van der Waals surface area contributed by atoms with E-state index in [0.717, 1.165) is 12.0 Å². The molecule has 0 saturated heterocycles. The molecule has 0 radical (unpaired) electrons. The van der Waals surface area contributed by atoms with E-state index in [1.807, 2.05) is 25.1 Å². The molecule has 22 heavy (non-hydrogen) atoms. The summed E-state index contributed by atoms with van der Waals surface area (Å²) in [7, 11) is 0. The number of non-ortho nitro benzene ring substituents is 1. The number of hydrogen-bond donors (Lipinski definition) is 1. The minimum absolute atomic E-state index is 0.0747. The van der Waals surface area contributed by atoms with Crippen LogP contribution >= 0.6 is 0 Å². The number of aryl methyl sites for hydroxylation is 1. The van der Waals surface area contributed by atoms with Gasteiger partial charge in [-0.2, -0.15) is 0 Å². The molecule has 1 amide bonds. The van der Waals surface area contributed by atoms with E-state index in [1.165, 1.54) is 18.2 Å². The molecule has 1 N–H and O–H groups in total. The van der Waals surface area contributed by atoms with Crippen LogP contribution in [0.1, 0.15) is 12.5 Å². The van der Waals surface area contributed by atoms with Crippen LogP contribution < -0.4 is 10.1 Å². The number of nitro groups is 1. The molecule has 0 fully saturated rings. The zero-order valence-corrected chi connectivity index (χ0v) is 12.1. The van der Waals surface area contributed by atoms with Gasteiger partial charge in [0.1, 0.15) is 5.75 Å². The number of benzene rings is 2. The normalized spacial score (nSPS) is 10.0. The van der Waals surface area contributed by atoms with Crippen LogP contribution in [0, 0.1) is 10.1 Å². The molecule has 114 valence electrons. The van der Waals surface area contributed by atoms with Crippen molar-refractivity contribution in [2.75, 3.05) is 11.9 Å². The maximum atomic E-state index is 11.8. The summed E-state index contributed by atoms with van der Waals surface area (Å²) in [6.07, 6.45) is 0.886. The Labute approximate surface area is 127 Å². The van der Waals surface area contributed by atoms with E-state index < -0.39 is 4.92 Å². The number of ether oxygens (including phenoxy) is 1. The smallest absolute Gasteiger partial charge is 0.271 e. The van der Waals surface area contributed by atoms with Gasteiger partial charge < -0.3 is 10.1 Å². The molecule has 0 atom stereocenters. The van der Waals surface area contributed by atoms with Crippen molar-refractivity contribution >= 4 is 17.3 Å². The van der Waals surface area contributed by atoms with Crippen molar-refractivity contribution in [3.8, 4) is 5.75 Å². The van der Waals surface area contributed by atoms with Gasteiger partial charge in [0.15, 0.2) is 6.61 Å². The van der Waals surface area contributed by atoms with Gasteiger partial charge in [0, 0.05) is 17.8 Å². The Morgan fingerprint density at radius 1 is 1.23 bits per heavy atom. The summed E-state index contributed by atoms with van der Waals surface area (Å²) >= 11 is 0. The molecule has 0 saturated carbocycles. The zero-order chi connectivity index (χ0) is 15.9. The average molecular weight is 300 g/mol. The van der Waals surface area contributed by atoms with Crippen molar-refractivity contribution in [1.82, 2.24) is 0 Å². The molecule has 6 nitrogen and oxygen atoms in total. The molecule has 0 unspecified atom stereocenters. The number of hydrogen-bond acceptors (Lipinski definition) is 4. The topological polar surface area (TPSA) is 81.5 Å². The second-order valence-electron chi connectivity index (χ2n) is 4.65. The van der Waals surface area contributed by atoms with E-state index in [4.69, 9.17) is 4.74 Å². The highest BCUT2D eigenvalue weighted by Gasteiger charge is 2.08. The third-order valence-electron chi connectivity index (χ3n) is 3.02. The fourth-order valence-corrected chi connectivity index (χ4v) is 1.90. The highest BCUT2D eigenvalue weighted by atomic mass is 16.6. The number of amides is 1. The van der Waals surface area contributed by atoms with Crippen molar-refractivity contribution in [2.24, 2.45) is 0 Å². The Kier molecular flexibility index (Phi) is 5.08. The summed E-state index contributed by atoms with van der Waals surface area (Å²) in [6, 6.07) is 13.3. The Hall–Kier alpha value is -2.89. The van der Waals surface area contributed by atoms with Crippen molar-refractivity contribution in [1.29, 1.82) is 0 Å². The molecule has 0 heterocycles. The Morgan fingerprint density at radius 3 is 2.73 bits per heavy atom. The van der Waals surface area contributed by atoms with Crippen LogP contribution in [-0.4, -0.2) is 17.4 Å². The Morgan fingerprint density at radius 2 is 2.00 bits per heavy atom. The number of nitro benzene ring substituents is 1. The van der Waals surface area contributed by atoms with Gasteiger partial charge in [-0.1, -0.05) is 25.1 Å². The first-order chi connectivity index (χ1) is 10.6. The summed E-state index contributed by atoms with van der Waals surface area (Å²) in [5.74, 6) is 0.246. The van der Waals surface area contributed by atoms with E-state index in [2.05, 4.69) is 5.32 Å². The molecule has 2 rings (SSSR count). The van der Waals surface area contributed by atoms with E-state index in [1.54, 1.807) is 12.1 Å². The average Bonchev–Trinajstić information content (AvgIpc) is 2.53. The summed E-state index contributed by atoms with van der Waals surface area (Å²) in [6.45, 7) is 1.88. The van der Waals surface area contributed by atoms with Gasteiger partial charge in [-0.3, -0.25) is 14.9 Å². The summed E-state index contributed by atoms with van der Waals surface area (Å²) in [5.41, 5.74) is 1.41. The number of carbonyl (C=O) groups is 1. The standard InChI is InChI=1S/C16H16N2O4/c1-2-12-5-3-8-15(9-12)22-11-16(19)17-13-6-4-7-14(10-13)18(20)21/h3-10H,2,11H2,1H3,(H,17,19). The van der Waals surface area contributed by atoms with E-state index in [-0.39, 0.29) is 18.2 Å². The van der Waals surface area contributed by atoms with E-state index >= 15 is 0 Å². The third kappa shape index (κ3) is 4.31. The first kappa shape index (κ1) is 15.5. The lowest BCUT2D eigenvalue weighted by Crippen LogP contribution is -2.20. The summed E-state index contributed by atoms with van der Waals surface area (Å²) in [5, 5.41) is 13.2. The Bertz CT molecular complexity index is 685. The van der Waals surface area contributed by atoms with Gasteiger partial charge in [-0.25, -0.2) is 0 Å². The van der Waals surface area contributed by atoms with E-state index in [9.17, 15) is 14.9 Å². The second-order valence-corrected chi connectivity index (χ2v) is 4.65. The van der Waals surface area contributed by atoms with E-state index in [0.29, 0.717) is 11.4 Å². The number of rotatable bonds is 6. The summed E-state index contributed by atoms with van der Waals surface area (Å²) < 4.78 is 5.41. The number of carbonyl (C=O) groups excluding carboxylic acids is 1. The van der Waals surface area contributed by atoms with Crippen LogP contribution in [-0.2, 0) is 11.2 Å². The predicted octanol–water partition coefficient (Wildman–Crippen LogP) is 3.17. The highest BCUT2D eigenvalue weighted by Crippen LogP contribution is 2.17. The van der Waals surface area contributed by atoms with Crippen LogP contribution in [0.15, 0.2) is 48.5 Å². The highest BCUT2D eigenvalue weighted by molar-refractivity contribution is 5.92. The number of anilines is 1. The van der Waals surface area contributed by atoms with Crippen LogP contribution in [0.25, 0.3) is 0 Å². The van der Waals surface area contributed by atoms with Gasteiger partial charge >= 0.3 is 0 Å². The molecule has 6 heteroatoms. The molecule has 0 bridgehead atoms. The molecule has 0 aliphatic rings. The van der Waals surface area contributed by atoms with Crippen LogP contribution in [0.3, 0.4) is 0 Å². The molecule has 0 aliphatic heterocycles. The van der Waals surface area contributed by atoms with Gasteiger partial charge in [-0.05, 0) is 30.2 Å². The molecule has 0 aromatic heterocycles. The Balaban J connectivity index is 1.92. The third-order valence-corrected chi connectivity index (χ3v) is 3.02. The first-order valence-electron chi connectivity index (χ1n) is 6.84. The quantitative estimate of drug-likeness (QED) is 0.656. The predicted molar refractivity (Wildman–Crippen MR) is 83.0 cm³/mol.